The monoisotopic (exact) mass is 346 g/mol. The number of rotatable bonds is 4. The molecule has 4 rings (SSSR count). The lowest BCUT2D eigenvalue weighted by atomic mass is 10.0. The Labute approximate surface area is 151 Å². The van der Waals surface area contributed by atoms with E-state index in [9.17, 15) is 0 Å². The quantitative estimate of drug-likeness (QED) is 0.488. The van der Waals surface area contributed by atoms with Crippen LogP contribution in [0.1, 0.15) is 0 Å². The Hall–Kier alpha value is -2.85. The van der Waals surface area contributed by atoms with Crippen LogP contribution in [0.3, 0.4) is 0 Å². The number of ether oxygens (including phenoxy) is 1. The Bertz CT molecular complexity index is 968. The number of aromatic nitrogens is 2. The van der Waals surface area contributed by atoms with Gasteiger partial charge in [-0.25, -0.2) is 0 Å². The second-order valence-corrected chi connectivity index (χ2v) is 6.77. The van der Waals surface area contributed by atoms with Gasteiger partial charge in [-0.3, -0.25) is 4.68 Å². The van der Waals surface area contributed by atoms with Gasteiger partial charge in [0.25, 0.3) is 0 Å². The first-order chi connectivity index (χ1) is 12.2. The van der Waals surface area contributed by atoms with Crippen LogP contribution in [0.4, 0.5) is 0 Å². The molecule has 0 amide bonds. The van der Waals surface area contributed by atoms with Crippen molar-refractivity contribution < 1.29 is 4.74 Å². The fourth-order valence-electron chi connectivity index (χ4n) is 2.90. The fourth-order valence-corrected chi connectivity index (χ4v) is 3.58. The summed E-state index contributed by atoms with van der Waals surface area (Å²) in [6.07, 6.45) is 0. The van der Waals surface area contributed by atoms with E-state index >= 15 is 0 Å². The number of methoxy groups -OCH3 is 1. The number of benzene rings is 2. The first kappa shape index (κ1) is 15.7. The highest BCUT2D eigenvalue weighted by molar-refractivity contribution is 7.13. The Balaban J connectivity index is 1.64. The second-order valence-electron chi connectivity index (χ2n) is 5.82. The van der Waals surface area contributed by atoms with Crippen LogP contribution in [0.5, 0.6) is 5.75 Å². The van der Waals surface area contributed by atoms with E-state index in [1.807, 2.05) is 23.9 Å². The van der Waals surface area contributed by atoms with Gasteiger partial charge in [-0.1, -0.05) is 42.5 Å². The minimum absolute atomic E-state index is 0.872. The predicted molar refractivity (Wildman–Crippen MR) is 104 cm³/mol. The van der Waals surface area contributed by atoms with Gasteiger partial charge in [-0.2, -0.15) is 5.10 Å². The van der Waals surface area contributed by atoms with E-state index in [2.05, 4.69) is 65.1 Å². The van der Waals surface area contributed by atoms with Crippen LogP contribution >= 0.6 is 11.3 Å². The number of thiophene rings is 1. The maximum Gasteiger partial charge on any atom is 0.118 e. The van der Waals surface area contributed by atoms with E-state index in [0.29, 0.717) is 0 Å². The van der Waals surface area contributed by atoms with E-state index < -0.39 is 0 Å². The average Bonchev–Trinajstić information content (AvgIpc) is 3.32. The summed E-state index contributed by atoms with van der Waals surface area (Å²) in [4.78, 5) is 1.19. The van der Waals surface area contributed by atoms with Gasteiger partial charge in [0.2, 0.25) is 0 Å². The van der Waals surface area contributed by atoms with Gasteiger partial charge in [-0.05, 0) is 46.3 Å². The van der Waals surface area contributed by atoms with Crippen LogP contribution in [0, 0.1) is 0 Å². The molecule has 0 fully saturated rings. The van der Waals surface area contributed by atoms with E-state index in [4.69, 9.17) is 4.74 Å². The van der Waals surface area contributed by atoms with Crippen molar-refractivity contribution in [2.24, 2.45) is 7.05 Å². The number of hydrogen-bond acceptors (Lipinski definition) is 3. The van der Waals surface area contributed by atoms with Crippen molar-refractivity contribution in [1.82, 2.24) is 9.78 Å². The van der Waals surface area contributed by atoms with Gasteiger partial charge >= 0.3 is 0 Å². The van der Waals surface area contributed by atoms with Crippen molar-refractivity contribution in [3.8, 4) is 38.7 Å². The standard InChI is InChI=1S/C21H18N2OS/c1-23-20(14-19(22-23)21-4-3-13-25-21)17-7-5-15(6-8-17)16-9-11-18(24-2)12-10-16/h3-14H,1-2H3. The van der Waals surface area contributed by atoms with E-state index in [0.717, 1.165) is 22.7 Å². The minimum atomic E-state index is 0.872. The molecule has 3 nitrogen and oxygen atoms in total. The third-order valence-electron chi connectivity index (χ3n) is 4.26. The number of aryl methyl sites for hydroxylation is 1. The zero-order chi connectivity index (χ0) is 17.2. The lowest BCUT2D eigenvalue weighted by Gasteiger charge is -2.06. The van der Waals surface area contributed by atoms with Crippen LogP contribution in [0.25, 0.3) is 33.0 Å². The van der Waals surface area contributed by atoms with E-state index in [1.165, 1.54) is 16.0 Å². The third kappa shape index (κ3) is 3.08. The van der Waals surface area contributed by atoms with Crippen LogP contribution in [0.15, 0.2) is 72.1 Å². The summed E-state index contributed by atoms with van der Waals surface area (Å²) in [5.74, 6) is 0.872. The zero-order valence-corrected chi connectivity index (χ0v) is 15.0. The van der Waals surface area contributed by atoms with Crippen LogP contribution in [0.2, 0.25) is 0 Å². The predicted octanol–water partition coefficient (Wildman–Crippen LogP) is 5.49. The molecule has 0 aliphatic rings. The maximum absolute atomic E-state index is 5.22. The summed E-state index contributed by atoms with van der Waals surface area (Å²) in [5, 5.41) is 6.72. The molecule has 2 heterocycles. The van der Waals surface area contributed by atoms with Crippen LogP contribution in [-0.2, 0) is 7.05 Å². The van der Waals surface area contributed by atoms with Gasteiger partial charge in [0.15, 0.2) is 0 Å². The highest BCUT2D eigenvalue weighted by Crippen LogP contribution is 2.30. The molecule has 4 aromatic rings. The Morgan fingerprint density at radius 3 is 2.12 bits per heavy atom. The third-order valence-corrected chi connectivity index (χ3v) is 5.15. The van der Waals surface area contributed by atoms with Gasteiger partial charge in [0.05, 0.1) is 17.7 Å². The Morgan fingerprint density at radius 1 is 0.880 bits per heavy atom. The second kappa shape index (κ2) is 6.57. The molecule has 0 aliphatic heterocycles. The van der Waals surface area contributed by atoms with Crippen molar-refractivity contribution in [2.45, 2.75) is 0 Å². The smallest absolute Gasteiger partial charge is 0.118 e. The number of nitrogens with zero attached hydrogens (tertiary/aromatic N) is 2. The van der Waals surface area contributed by atoms with Gasteiger partial charge in [-0.15, -0.1) is 11.3 Å². The Morgan fingerprint density at radius 2 is 1.52 bits per heavy atom. The van der Waals surface area contributed by atoms with Crippen LogP contribution in [-0.4, -0.2) is 16.9 Å². The van der Waals surface area contributed by atoms with Crippen molar-refractivity contribution in [1.29, 1.82) is 0 Å². The minimum Gasteiger partial charge on any atom is -0.497 e. The SMILES string of the molecule is COc1ccc(-c2ccc(-c3cc(-c4cccs4)nn3C)cc2)cc1. The molecule has 2 aromatic heterocycles. The molecule has 0 aliphatic carbocycles. The molecule has 0 saturated heterocycles. The molecule has 2 aromatic carbocycles. The summed E-state index contributed by atoms with van der Waals surface area (Å²) in [7, 11) is 3.67. The fraction of sp³-hybridized carbons (Fsp3) is 0.0952. The first-order valence-electron chi connectivity index (χ1n) is 8.07. The van der Waals surface area contributed by atoms with Crippen molar-refractivity contribution in [3.05, 3.63) is 72.1 Å². The summed E-state index contributed by atoms with van der Waals surface area (Å²) in [6, 6.07) is 23.0. The normalized spacial score (nSPS) is 10.8. The summed E-state index contributed by atoms with van der Waals surface area (Å²) in [6.45, 7) is 0. The van der Waals surface area contributed by atoms with Gasteiger partial charge < -0.3 is 4.74 Å². The van der Waals surface area contributed by atoms with E-state index in [-0.39, 0.29) is 0 Å². The molecule has 0 N–H and O–H groups in total. The summed E-state index contributed by atoms with van der Waals surface area (Å²) < 4.78 is 7.16. The molecule has 0 spiro atoms. The molecule has 0 atom stereocenters. The number of hydrogen-bond donors (Lipinski definition) is 0. The maximum atomic E-state index is 5.22. The van der Waals surface area contributed by atoms with Crippen molar-refractivity contribution in [3.63, 3.8) is 0 Å². The highest BCUT2D eigenvalue weighted by atomic mass is 32.1. The van der Waals surface area contributed by atoms with E-state index in [1.54, 1.807) is 18.4 Å². The highest BCUT2D eigenvalue weighted by Gasteiger charge is 2.10. The summed E-state index contributed by atoms with van der Waals surface area (Å²) >= 11 is 1.71. The van der Waals surface area contributed by atoms with Crippen molar-refractivity contribution >= 4 is 11.3 Å². The van der Waals surface area contributed by atoms with Gasteiger partial charge in [0, 0.05) is 7.05 Å². The molecule has 25 heavy (non-hydrogen) atoms. The molecule has 124 valence electrons. The lowest BCUT2D eigenvalue weighted by molar-refractivity contribution is 0.415. The molecule has 4 heteroatoms. The van der Waals surface area contributed by atoms with Gasteiger partial charge in [0.1, 0.15) is 11.4 Å². The largest absolute Gasteiger partial charge is 0.497 e. The molecule has 0 bridgehead atoms. The summed E-state index contributed by atoms with van der Waals surface area (Å²) in [5.41, 5.74) is 5.66. The Kier molecular flexibility index (Phi) is 4.12. The molecular formula is C21H18N2OS. The zero-order valence-electron chi connectivity index (χ0n) is 14.1. The first-order valence-corrected chi connectivity index (χ1v) is 8.95. The van der Waals surface area contributed by atoms with Crippen molar-refractivity contribution in [2.75, 3.05) is 7.11 Å². The topological polar surface area (TPSA) is 27.1 Å². The molecular weight excluding hydrogens is 328 g/mol. The average molecular weight is 346 g/mol. The lowest BCUT2D eigenvalue weighted by Crippen LogP contribution is -1.93. The van der Waals surface area contributed by atoms with Crippen LogP contribution < -0.4 is 4.74 Å². The molecule has 0 saturated carbocycles. The molecule has 0 radical (unpaired) electrons. The molecule has 0 unspecified atom stereocenters.